The second-order valence-electron chi connectivity index (χ2n) is 7.71. The summed E-state index contributed by atoms with van der Waals surface area (Å²) < 4.78 is 13.5. The third-order valence-corrected chi connectivity index (χ3v) is 5.63. The molecule has 1 atom stereocenters. The van der Waals surface area contributed by atoms with E-state index in [0.717, 1.165) is 16.6 Å². The molecule has 162 valence electrons. The first-order valence-corrected chi connectivity index (χ1v) is 10.4. The van der Waals surface area contributed by atoms with Crippen LogP contribution in [0.1, 0.15) is 17.8 Å². The minimum Gasteiger partial charge on any atom is -0.353 e. The maximum Gasteiger partial charge on any atom is 0.237 e. The topological polar surface area (TPSA) is 81.3 Å². The van der Waals surface area contributed by atoms with Crippen molar-refractivity contribution in [2.75, 3.05) is 20.1 Å². The van der Waals surface area contributed by atoms with Gasteiger partial charge in [0.25, 0.3) is 0 Å². The standard InChI is InChI=1S/C22H23ClFN5O2/c1-28(13-20-26-17-6-5-15(23)10-18(17)27-20)21(30)11-19-22(31)25-7-8-29(19)12-14-3-2-4-16(24)9-14/h2-6,9-10,19H,7-8,11-13H2,1H3,(H,25,31)(H,26,27)/t19-/m0/s1. The molecule has 1 fully saturated rings. The Kier molecular flexibility index (Phi) is 6.20. The average Bonchev–Trinajstić information content (AvgIpc) is 3.11. The number of halogens is 2. The van der Waals surface area contributed by atoms with Crippen molar-refractivity contribution in [2.24, 2.45) is 0 Å². The number of imidazole rings is 1. The molecule has 0 spiro atoms. The number of aromatic nitrogens is 2. The molecule has 1 aliphatic rings. The fourth-order valence-electron chi connectivity index (χ4n) is 3.79. The molecule has 2 N–H and O–H groups in total. The lowest BCUT2D eigenvalue weighted by molar-refractivity contribution is -0.138. The van der Waals surface area contributed by atoms with Crippen LogP contribution >= 0.6 is 11.6 Å². The summed E-state index contributed by atoms with van der Waals surface area (Å²) in [5, 5.41) is 3.43. The Morgan fingerprint density at radius 1 is 1.32 bits per heavy atom. The molecule has 9 heteroatoms. The van der Waals surface area contributed by atoms with E-state index in [1.54, 1.807) is 30.1 Å². The van der Waals surface area contributed by atoms with E-state index in [4.69, 9.17) is 11.6 Å². The number of H-pyrrole nitrogens is 1. The molecule has 0 saturated carbocycles. The van der Waals surface area contributed by atoms with Gasteiger partial charge in [-0.25, -0.2) is 9.37 Å². The van der Waals surface area contributed by atoms with Crippen molar-refractivity contribution in [1.82, 2.24) is 25.1 Å². The fraction of sp³-hybridized carbons (Fsp3) is 0.318. The highest BCUT2D eigenvalue weighted by atomic mass is 35.5. The molecule has 1 saturated heterocycles. The summed E-state index contributed by atoms with van der Waals surface area (Å²) in [6.45, 7) is 1.77. The van der Waals surface area contributed by atoms with Crippen LogP contribution in [-0.4, -0.2) is 57.8 Å². The van der Waals surface area contributed by atoms with Crippen LogP contribution in [0.2, 0.25) is 5.02 Å². The van der Waals surface area contributed by atoms with E-state index in [1.807, 2.05) is 17.0 Å². The van der Waals surface area contributed by atoms with Crippen LogP contribution in [0.25, 0.3) is 11.0 Å². The van der Waals surface area contributed by atoms with Gasteiger partial charge in [-0.3, -0.25) is 14.5 Å². The molecular formula is C22H23ClFN5O2. The number of aromatic amines is 1. The summed E-state index contributed by atoms with van der Waals surface area (Å²) in [4.78, 5) is 36.5. The van der Waals surface area contributed by atoms with Gasteiger partial charge in [0.15, 0.2) is 0 Å². The molecule has 2 aromatic carbocycles. The third kappa shape index (κ3) is 5.03. The predicted octanol–water partition coefficient (Wildman–Crippen LogP) is 2.70. The molecule has 0 bridgehead atoms. The number of nitrogens with zero attached hydrogens (tertiary/aromatic N) is 3. The normalized spacial score (nSPS) is 17.0. The maximum absolute atomic E-state index is 13.5. The number of nitrogens with one attached hydrogen (secondary N) is 2. The van der Waals surface area contributed by atoms with Crippen LogP contribution < -0.4 is 5.32 Å². The van der Waals surface area contributed by atoms with Crippen molar-refractivity contribution in [3.8, 4) is 0 Å². The molecule has 0 aliphatic carbocycles. The van der Waals surface area contributed by atoms with Crippen LogP contribution in [0, 0.1) is 5.82 Å². The van der Waals surface area contributed by atoms with Gasteiger partial charge < -0.3 is 15.2 Å². The Morgan fingerprint density at radius 2 is 2.16 bits per heavy atom. The van der Waals surface area contributed by atoms with Crippen molar-refractivity contribution in [3.63, 3.8) is 0 Å². The van der Waals surface area contributed by atoms with Gasteiger partial charge in [0.05, 0.1) is 30.0 Å². The molecule has 7 nitrogen and oxygen atoms in total. The first-order chi connectivity index (χ1) is 14.9. The SMILES string of the molecule is CN(Cc1nc2ccc(Cl)cc2[nH]1)C(=O)C[C@H]1C(=O)NCCN1Cc1cccc(F)c1. The Bertz CT molecular complexity index is 1120. The Hall–Kier alpha value is -2.97. The molecule has 1 aliphatic heterocycles. The zero-order chi connectivity index (χ0) is 22.0. The van der Waals surface area contributed by atoms with Gasteiger partial charge in [-0.2, -0.15) is 0 Å². The third-order valence-electron chi connectivity index (χ3n) is 5.39. The van der Waals surface area contributed by atoms with E-state index in [-0.39, 0.29) is 30.6 Å². The summed E-state index contributed by atoms with van der Waals surface area (Å²) in [5.74, 6) is -0.0520. The Morgan fingerprint density at radius 3 is 2.97 bits per heavy atom. The highest BCUT2D eigenvalue weighted by Gasteiger charge is 2.32. The number of carbonyl (C=O) groups excluding carboxylic acids is 2. The van der Waals surface area contributed by atoms with E-state index in [1.165, 1.54) is 12.1 Å². The molecule has 3 aromatic rings. The minimum atomic E-state index is -0.610. The van der Waals surface area contributed by atoms with Crippen LogP contribution in [-0.2, 0) is 22.7 Å². The second-order valence-corrected chi connectivity index (χ2v) is 8.14. The van der Waals surface area contributed by atoms with Crippen LogP contribution in [0.5, 0.6) is 0 Å². The lowest BCUT2D eigenvalue weighted by Crippen LogP contribution is -2.56. The largest absolute Gasteiger partial charge is 0.353 e. The highest BCUT2D eigenvalue weighted by Crippen LogP contribution is 2.19. The van der Waals surface area contributed by atoms with E-state index >= 15 is 0 Å². The van der Waals surface area contributed by atoms with Crippen molar-refractivity contribution in [1.29, 1.82) is 0 Å². The summed E-state index contributed by atoms with van der Waals surface area (Å²) in [7, 11) is 1.68. The molecule has 2 amide bonds. The molecule has 31 heavy (non-hydrogen) atoms. The van der Waals surface area contributed by atoms with Crippen molar-refractivity contribution >= 4 is 34.4 Å². The second kappa shape index (κ2) is 9.03. The van der Waals surface area contributed by atoms with Crippen molar-refractivity contribution in [2.45, 2.75) is 25.6 Å². The fourth-order valence-corrected chi connectivity index (χ4v) is 3.96. The van der Waals surface area contributed by atoms with Gasteiger partial charge in [0, 0.05) is 31.7 Å². The molecule has 1 aromatic heterocycles. The number of fused-ring (bicyclic) bond motifs is 1. The molecule has 0 radical (unpaired) electrons. The Balaban J connectivity index is 1.43. The molecule has 4 rings (SSSR count). The first kappa shape index (κ1) is 21.3. The maximum atomic E-state index is 13.5. The number of amides is 2. The number of piperazine rings is 1. The number of carbonyl (C=O) groups is 2. The van der Waals surface area contributed by atoms with Gasteiger partial charge in [0.2, 0.25) is 11.8 Å². The number of benzene rings is 2. The number of rotatable bonds is 6. The smallest absolute Gasteiger partial charge is 0.237 e. The van der Waals surface area contributed by atoms with Gasteiger partial charge in [-0.05, 0) is 35.9 Å². The highest BCUT2D eigenvalue weighted by molar-refractivity contribution is 6.31. The van der Waals surface area contributed by atoms with Crippen molar-refractivity contribution in [3.05, 3.63) is 64.7 Å². The molecular weight excluding hydrogens is 421 g/mol. The summed E-state index contributed by atoms with van der Waals surface area (Å²) in [6.07, 6.45) is 0.0315. The van der Waals surface area contributed by atoms with Crippen LogP contribution in [0.4, 0.5) is 4.39 Å². The van der Waals surface area contributed by atoms with Gasteiger partial charge in [-0.15, -0.1) is 0 Å². The quantitative estimate of drug-likeness (QED) is 0.613. The monoisotopic (exact) mass is 443 g/mol. The van der Waals surface area contributed by atoms with Gasteiger partial charge in [-0.1, -0.05) is 23.7 Å². The van der Waals surface area contributed by atoms with Crippen LogP contribution in [0.3, 0.4) is 0 Å². The molecule has 0 unspecified atom stereocenters. The van der Waals surface area contributed by atoms with Gasteiger partial charge in [0.1, 0.15) is 11.6 Å². The lowest BCUT2D eigenvalue weighted by Gasteiger charge is -2.35. The number of hydrogen-bond acceptors (Lipinski definition) is 4. The summed E-state index contributed by atoms with van der Waals surface area (Å²) >= 11 is 6.01. The minimum absolute atomic E-state index is 0.0315. The van der Waals surface area contributed by atoms with E-state index in [2.05, 4.69) is 15.3 Å². The lowest BCUT2D eigenvalue weighted by atomic mass is 10.1. The Labute approximate surface area is 184 Å². The average molecular weight is 444 g/mol. The van der Waals surface area contributed by atoms with E-state index in [0.29, 0.717) is 30.5 Å². The van der Waals surface area contributed by atoms with Crippen LogP contribution in [0.15, 0.2) is 42.5 Å². The molecule has 2 heterocycles. The van der Waals surface area contributed by atoms with E-state index in [9.17, 15) is 14.0 Å². The summed E-state index contributed by atoms with van der Waals surface area (Å²) in [5.41, 5.74) is 2.34. The zero-order valence-corrected chi connectivity index (χ0v) is 17.8. The van der Waals surface area contributed by atoms with E-state index < -0.39 is 6.04 Å². The zero-order valence-electron chi connectivity index (χ0n) is 17.1. The first-order valence-electron chi connectivity index (χ1n) is 10.0. The summed E-state index contributed by atoms with van der Waals surface area (Å²) in [6, 6.07) is 11.0. The van der Waals surface area contributed by atoms with Crippen molar-refractivity contribution < 1.29 is 14.0 Å². The number of hydrogen-bond donors (Lipinski definition) is 2. The predicted molar refractivity (Wildman–Crippen MR) is 116 cm³/mol. The van der Waals surface area contributed by atoms with Gasteiger partial charge >= 0.3 is 0 Å².